The van der Waals surface area contributed by atoms with Crippen molar-refractivity contribution in [1.82, 2.24) is 0 Å². The molecule has 8 rings (SSSR count). The Balaban J connectivity index is 1.20. The first-order chi connectivity index (χ1) is 24.9. The maximum Gasteiger partial charge on any atom is 0.573 e. The number of allylic oxidation sites excluding steroid dienone is 2. The van der Waals surface area contributed by atoms with Crippen molar-refractivity contribution in [2.45, 2.75) is 32.0 Å². The second kappa shape index (κ2) is 12.1. The Bertz CT molecular complexity index is 2140. The van der Waals surface area contributed by atoms with Crippen LogP contribution in [0.2, 0.25) is 0 Å². The van der Waals surface area contributed by atoms with Crippen molar-refractivity contribution in [3.63, 3.8) is 0 Å². The fourth-order valence-corrected chi connectivity index (χ4v) is 8.78. The van der Waals surface area contributed by atoms with E-state index in [0.717, 1.165) is 39.4 Å². The van der Waals surface area contributed by atoms with Gasteiger partial charge in [0.2, 0.25) is 23.6 Å². The number of halogens is 3. The molecule has 2 N–H and O–H groups in total. The molecule has 6 atom stereocenters. The van der Waals surface area contributed by atoms with Crippen molar-refractivity contribution in [3.8, 4) is 11.5 Å². The lowest BCUT2D eigenvalue weighted by Gasteiger charge is -2.49. The number of alkyl halides is 3. The number of carbonyl (C=O) groups excluding carboxylic acids is 4. The summed E-state index contributed by atoms with van der Waals surface area (Å²) in [5, 5.41) is 14.5. The van der Waals surface area contributed by atoms with E-state index >= 15 is 0 Å². The SMILES string of the molecule is C[C@@]12C(=O)N(c3ccccc3)C(=O)[C@@H]1C[C@@H]1C(=CC[C@@H]3C(=O)N(c4ccc(Nc5ccccc5)cc4)C(=O)[C@@H]31)[C@@H]2c1cc(OC(F)(F)F)ccc1O. The molecule has 2 heterocycles. The van der Waals surface area contributed by atoms with Crippen LogP contribution < -0.4 is 19.9 Å². The average molecular weight is 708 g/mol. The van der Waals surface area contributed by atoms with Crippen LogP contribution in [0, 0.1) is 29.1 Å². The van der Waals surface area contributed by atoms with Crippen LogP contribution in [0.3, 0.4) is 0 Å². The molecular formula is C40H32F3N3O6. The van der Waals surface area contributed by atoms with Gasteiger partial charge in [0.25, 0.3) is 0 Å². The summed E-state index contributed by atoms with van der Waals surface area (Å²) in [5.74, 6) is -7.55. The predicted molar refractivity (Wildman–Crippen MR) is 185 cm³/mol. The molecule has 3 fully saturated rings. The molecule has 0 bridgehead atoms. The van der Waals surface area contributed by atoms with Crippen LogP contribution in [0.15, 0.2) is 115 Å². The third-order valence-electron chi connectivity index (χ3n) is 11.0. The summed E-state index contributed by atoms with van der Waals surface area (Å²) in [5.41, 5.74) is 1.20. The Morgan fingerprint density at radius 3 is 2.08 bits per heavy atom. The quantitative estimate of drug-likeness (QED) is 0.158. The zero-order valence-corrected chi connectivity index (χ0v) is 27.7. The molecule has 0 spiro atoms. The standard InChI is InChI=1S/C40H32F3N3O6/c1-39-31(36(49)46(38(39)51)24-10-6-3-7-11-24)21-29-27(34(39)30-20-26(16-19-32(30)47)52-40(41,42)43)17-18-28-33(29)37(50)45(35(28)48)25-14-12-23(13-15-25)44-22-8-4-2-5-9-22/h2-17,19-20,28-29,31,33-34,44,47H,18,21H2,1H3/t28-,29+,31-,33-,34+,39+/m0/s1. The van der Waals surface area contributed by atoms with Crippen LogP contribution >= 0.6 is 0 Å². The molecular weight excluding hydrogens is 675 g/mol. The molecule has 0 aromatic heterocycles. The molecule has 2 aliphatic carbocycles. The molecule has 0 unspecified atom stereocenters. The fourth-order valence-electron chi connectivity index (χ4n) is 8.78. The monoisotopic (exact) mass is 707 g/mol. The highest BCUT2D eigenvalue weighted by Gasteiger charge is 2.68. The van der Waals surface area contributed by atoms with E-state index < -0.39 is 76.5 Å². The summed E-state index contributed by atoms with van der Waals surface area (Å²) in [6, 6.07) is 27.7. The Kier molecular flexibility index (Phi) is 7.74. The lowest BCUT2D eigenvalue weighted by molar-refractivity contribution is -0.274. The number of phenolic OH excluding ortho intramolecular Hbond substituents is 1. The molecule has 4 amide bonds. The molecule has 2 aliphatic heterocycles. The highest BCUT2D eigenvalue weighted by atomic mass is 19.4. The number of benzene rings is 4. The summed E-state index contributed by atoms with van der Waals surface area (Å²) < 4.78 is 44.3. The molecule has 1 saturated carbocycles. The topological polar surface area (TPSA) is 116 Å². The molecule has 2 saturated heterocycles. The summed E-state index contributed by atoms with van der Waals surface area (Å²) in [6.45, 7) is 1.59. The minimum Gasteiger partial charge on any atom is -0.508 e. The van der Waals surface area contributed by atoms with Gasteiger partial charge >= 0.3 is 6.36 Å². The van der Waals surface area contributed by atoms with Crippen molar-refractivity contribution < 1.29 is 42.2 Å². The second-order valence-corrected chi connectivity index (χ2v) is 13.8. The zero-order chi connectivity index (χ0) is 36.5. The van der Waals surface area contributed by atoms with E-state index in [9.17, 15) is 37.5 Å². The third-order valence-corrected chi connectivity index (χ3v) is 11.0. The molecule has 9 nitrogen and oxygen atoms in total. The maximum absolute atomic E-state index is 14.5. The number of amides is 4. The van der Waals surface area contributed by atoms with Gasteiger partial charge in [-0.05, 0) is 92.4 Å². The van der Waals surface area contributed by atoms with E-state index in [1.54, 1.807) is 67.6 Å². The van der Waals surface area contributed by atoms with Gasteiger partial charge < -0.3 is 15.2 Å². The molecule has 12 heteroatoms. The van der Waals surface area contributed by atoms with E-state index in [0.29, 0.717) is 16.9 Å². The van der Waals surface area contributed by atoms with Crippen LogP contribution in [-0.4, -0.2) is 35.1 Å². The fraction of sp³-hybridized carbons (Fsp3) is 0.250. The van der Waals surface area contributed by atoms with Gasteiger partial charge in [0.05, 0.1) is 34.5 Å². The number of imide groups is 2. The minimum atomic E-state index is -5.04. The van der Waals surface area contributed by atoms with E-state index in [2.05, 4.69) is 10.1 Å². The van der Waals surface area contributed by atoms with E-state index in [1.165, 1.54) is 0 Å². The smallest absolute Gasteiger partial charge is 0.508 e. The number of hydrogen-bond donors (Lipinski definition) is 2. The summed E-state index contributed by atoms with van der Waals surface area (Å²) in [4.78, 5) is 59.5. The molecule has 264 valence electrons. The number of hydrogen-bond acceptors (Lipinski definition) is 7. The molecule has 52 heavy (non-hydrogen) atoms. The Hall–Kier alpha value is -5.91. The van der Waals surface area contributed by atoms with Crippen molar-refractivity contribution in [2.75, 3.05) is 15.1 Å². The first-order valence-electron chi connectivity index (χ1n) is 16.9. The van der Waals surface area contributed by atoms with Crippen molar-refractivity contribution in [1.29, 1.82) is 0 Å². The van der Waals surface area contributed by atoms with E-state index in [4.69, 9.17) is 0 Å². The second-order valence-electron chi connectivity index (χ2n) is 13.8. The van der Waals surface area contributed by atoms with Crippen molar-refractivity contribution in [2.24, 2.45) is 29.1 Å². The molecule has 4 aromatic rings. The number of rotatable bonds is 6. The largest absolute Gasteiger partial charge is 0.573 e. The summed E-state index contributed by atoms with van der Waals surface area (Å²) in [7, 11) is 0. The van der Waals surface area contributed by atoms with Crippen molar-refractivity contribution >= 4 is 46.4 Å². The Morgan fingerprint density at radius 2 is 1.40 bits per heavy atom. The number of para-hydroxylation sites is 2. The van der Waals surface area contributed by atoms with Crippen LogP contribution in [0.1, 0.15) is 31.2 Å². The first-order valence-corrected chi connectivity index (χ1v) is 16.9. The van der Waals surface area contributed by atoms with Crippen LogP contribution in [0.5, 0.6) is 11.5 Å². The van der Waals surface area contributed by atoms with Crippen LogP contribution in [0.4, 0.5) is 35.9 Å². The van der Waals surface area contributed by atoms with Gasteiger partial charge in [-0.2, -0.15) is 0 Å². The number of aromatic hydroxyl groups is 1. The lowest BCUT2D eigenvalue weighted by atomic mass is 9.51. The highest BCUT2D eigenvalue weighted by Crippen LogP contribution is 2.64. The van der Waals surface area contributed by atoms with E-state index in [1.807, 2.05) is 30.3 Å². The molecule has 0 radical (unpaired) electrons. The number of nitrogens with zero attached hydrogens (tertiary/aromatic N) is 2. The van der Waals surface area contributed by atoms with Gasteiger partial charge in [-0.15, -0.1) is 13.2 Å². The van der Waals surface area contributed by atoms with Gasteiger partial charge in [-0.1, -0.05) is 48.0 Å². The number of anilines is 4. The number of carbonyl (C=O) groups is 4. The number of ether oxygens (including phenoxy) is 1. The van der Waals surface area contributed by atoms with Crippen LogP contribution in [-0.2, 0) is 19.2 Å². The number of phenols is 1. The summed E-state index contributed by atoms with van der Waals surface area (Å²) in [6.07, 6.45) is -3.11. The summed E-state index contributed by atoms with van der Waals surface area (Å²) >= 11 is 0. The van der Waals surface area contributed by atoms with Gasteiger partial charge in [-0.25, -0.2) is 4.90 Å². The number of nitrogens with one attached hydrogen (secondary N) is 1. The zero-order valence-electron chi connectivity index (χ0n) is 27.7. The van der Waals surface area contributed by atoms with Gasteiger partial charge in [0.15, 0.2) is 0 Å². The van der Waals surface area contributed by atoms with Crippen LogP contribution in [0.25, 0.3) is 0 Å². The van der Waals surface area contributed by atoms with Gasteiger partial charge in [0.1, 0.15) is 11.5 Å². The number of fused-ring (bicyclic) bond motifs is 4. The van der Waals surface area contributed by atoms with Gasteiger partial charge in [-0.3, -0.25) is 24.1 Å². The molecule has 4 aliphatic rings. The van der Waals surface area contributed by atoms with Gasteiger partial charge in [0, 0.05) is 22.9 Å². The normalized spacial score (nSPS) is 26.8. The average Bonchev–Trinajstić information content (AvgIpc) is 3.49. The third kappa shape index (κ3) is 5.23. The van der Waals surface area contributed by atoms with Crippen molar-refractivity contribution in [3.05, 3.63) is 120 Å². The maximum atomic E-state index is 14.5. The lowest BCUT2D eigenvalue weighted by Crippen LogP contribution is -2.49. The Labute approximate surface area is 296 Å². The molecule has 4 aromatic carbocycles. The highest BCUT2D eigenvalue weighted by molar-refractivity contribution is 6.25. The predicted octanol–water partition coefficient (Wildman–Crippen LogP) is 7.47. The van der Waals surface area contributed by atoms with E-state index in [-0.39, 0.29) is 18.4 Å². The Morgan fingerprint density at radius 1 is 0.769 bits per heavy atom. The minimum absolute atomic E-state index is 0.0419. The first kappa shape index (κ1) is 33.2.